The molecule has 0 aliphatic rings. The van der Waals surface area contributed by atoms with E-state index in [1.807, 2.05) is 0 Å². The second-order valence-electron chi connectivity index (χ2n) is 5.95. The van der Waals surface area contributed by atoms with E-state index in [1.165, 1.54) is 13.8 Å². The van der Waals surface area contributed by atoms with Crippen molar-refractivity contribution in [1.82, 2.24) is 16.0 Å². The van der Waals surface area contributed by atoms with Crippen molar-refractivity contribution in [3.63, 3.8) is 0 Å². The average molecular weight is 391 g/mol. The Morgan fingerprint density at radius 3 is 2.00 bits per heavy atom. The molecule has 8 N–H and O–H groups in total. The van der Waals surface area contributed by atoms with Gasteiger partial charge >= 0.3 is 5.97 Å². The number of carboxylic acid groups (broad SMARTS) is 1. The fraction of sp³-hybridized carbons (Fsp3) is 0.733. The Balaban J connectivity index is 4.73. The lowest BCUT2D eigenvalue weighted by Gasteiger charge is -2.22. The molecule has 4 unspecified atom stereocenters. The third-order valence-electron chi connectivity index (χ3n) is 3.54. The van der Waals surface area contributed by atoms with E-state index in [4.69, 9.17) is 11.5 Å². The number of nitrogens with one attached hydrogen (secondary N) is 3. The minimum atomic E-state index is -1.17. The smallest absolute Gasteiger partial charge is 0.326 e. The highest BCUT2D eigenvalue weighted by Gasteiger charge is 2.27. The summed E-state index contributed by atoms with van der Waals surface area (Å²) in [6.45, 7) is 3.34. The van der Waals surface area contributed by atoms with E-state index in [-0.39, 0.29) is 12.2 Å². The second kappa shape index (κ2) is 12.5. The molecule has 0 spiro atoms. The van der Waals surface area contributed by atoms with Crippen molar-refractivity contribution in [2.45, 2.75) is 57.3 Å². The largest absolute Gasteiger partial charge is 0.480 e. The SMILES string of the molecule is CC(N)C(=O)NC(C)C(=O)NC(CS)C(=O)NC(CCCCN)C(=O)O. The van der Waals surface area contributed by atoms with Gasteiger partial charge in [-0.25, -0.2) is 4.79 Å². The van der Waals surface area contributed by atoms with Gasteiger partial charge in [0.05, 0.1) is 6.04 Å². The molecule has 0 fully saturated rings. The van der Waals surface area contributed by atoms with Crippen LogP contribution in [0.1, 0.15) is 33.1 Å². The molecule has 26 heavy (non-hydrogen) atoms. The van der Waals surface area contributed by atoms with Crippen molar-refractivity contribution in [3.05, 3.63) is 0 Å². The van der Waals surface area contributed by atoms with Crippen LogP contribution >= 0.6 is 12.6 Å². The minimum absolute atomic E-state index is 0.0410. The summed E-state index contributed by atoms with van der Waals surface area (Å²) >= 11 is 4.01. The third-order valence-corrected chi connectivity index (χ3v) is 3.91. The number of carboxylic acids is 1. The molecule has 0 aromatic heterocycles. The van der Waals surface area contributed by atoms with Crippen LogP contribution < -0.4 is 27.4 Å². The number of thiol groups is 1. The maximum absolute atomic E-state index is 12.2. The number of nitrogens with two attached hydrogens (primary N) is 2. The highest BCUT2D eigenvalue weighted by Crippen LogP contribution is 2.02. The lowest BCUT2D eigenvalue weighted by Crippen LogP contribution is -2.56. The number of hydrogen-bond donors (Lipinski definition) is 7. The maximum Gasteiger partial charge on any atom is 0.326 e. The number of amides is 3. The molecule has 4 atom stereocenters. The number of hydrogen-bond acceptors (Lipinski definition) is 7. The molecule has 0 aliphatic carbocycles. The molecule has 0 aliphatic heterocycles. The molecular weight excluding hydrogens is 362 g/mol. The van der Waals surface area contributed by atoms with Crippen molar-refractivity contribution in [1.29, 1.82) is 0 Å². The Hall–Kier alpha value is -1.85. The highest BCUT2D eigenvalue weighted by molar-refractivity contribution is 7.80. The Kier molecular flexibility index (Phi) is 11.6. The lowest BCUT2D eigenvalue weighted by molar-refractivity contribution is -0.142. The van der Waals surface area contributed by atoms with Crippen LogP contribution in [0.15, 0.2) is 0 Å². The van der Waals surface area contributed by atoms with Crippen LogP contribution in [0.3, 0.4) is 0 Å². The van der Waals surface area contributed by atoms with Gasteiger partial charge < -0.3 is 32.5 Å². The molecule has 0 radical (unpaired) electrons. The van der Waals surface area contributed by atoms with Crippen molar-refractivity contribution in [2.24, 2.45) is 11.5 Å². The van der Waals surface area contributed by atoms with Gasteiger partial charge in [0.25, 0.3) is 0 Å². The quantitative estimate of drug-likeness (QED) is 0.148. The summed E-state index contributed by atoms with van der Waals surface area (Å²) in [5, 5.41) is 16.4. The summed E-state index contributed by atoms with van der Waals surface area (Å²) in [5.74, 6) is -2.99. The molecule has 150 valence electrons. The zero-order valence-corrected chi connectivity index (χ0v) is 15.9. The average Bonchev–Trinajstić information content (AvgIpc) is 2.57. The molecular formula is C15H29N5O5S. The van der Waals surface area contributed by atoms with Crippen LogP contribution in [0, 0.1) is 0 Å². The first-order valence-electron chi connectivity index (χ1n) is 8.34. The topological polar surface area (TPSA) is 177 Å². The normalized spacial score (nSPS) is 15.3. The molecule has 0 aromatic rings. The van der Waals surface area contributed by atoms with Crippen molar-refractivity contribution < 1.29 is 24.3 Å². The second-order valence-corrected chi connectivity index (χ2v) is 6.31. The maximum atomic E-state index is 12.2. The van der Waals surface area contributed by atoms with Gasteiger partial charge in [0.15, 0.2) is 0 Å². The predicted octanol–water partition coefficient (Wildman–Crippen LogP) is -2.05. The summed E-state index contributed by atoms with van der Waals surface area (Å²) in [6, 6.07) is -3.82. The Morgan fingerprint density at radius 2 is 1.54 bits per heavy atom. The van der Waals surface area contributed by atoms with Crippen molar-refractivity contribution in [3.8, 4) is 0 Å². The molecule has 0 heterocycles. The van der Waals surface area contributed by atoms with Crippen LogP contribution in [-0.2, 0) is 19.2 Å². The van der Waals surface area contributed by atoms with Gasteiger partial charge in [-0.15, -0.1) is 0 Å². The van der Waals surface area contributed by atoms with Crippen molar-refractivity contribution in [2.75, 3.05) is 12.3 Å². The molecule has 0 saturated carbocycles. The first kappa shape index (κ1) is 24.1. The highest BCUT2D eigenvalue weighted by atomic mass is 32.1. The fourth-order valence-corrected chi connectivity index (χ4v) is 2.18. The summed E-state index contributed by atoms with van der Waals surface area (Å²) in [6.07, 6.45) is 1.42. The standard InChI is InChI=1S/C15H29N5O5S/c1-8(17)12(21)18-9(2)13(22)20-11(7-26)14(23)19-10(15(24)25)5-3-4-6-16/h8-11,26H,3-7,16-17H2,1-2H3,(H,18,21)(H,19,23)(H,20,22)(H,24,25). The zero-order valence-electron chi connectivity index (χ0n) is 15.0. The van der Waals surface area contributed by atoms with Gasteiger partial charge in [-0.3, -0.25) is 14.4 Å². The van der Waals surface area contributed by atoms with Crippen LogP contribution in [0.5, 0.6) is 0 Å². The van der Waals surface area contributed by atoms with E-state index in [0.29, 0.717) is 19.4 Å². The summed E-state index contributed by atoms with van der Waals surface area (Å²) in [7, 11) is 0. The van der Waals surface area contributed by atoms with Gasteiger partial charge in [0, 0.05) is 5.75 Å². The van der Waals surface area contributed by atoms with E-state index in [1.54, 1.807) is 0 Å². The van der Waals surface area contributed by atoms with Gasteiger partial charge in [-0.05, 0) is 39.7 Å². The van der Waals surface area contributed by atoms with E-state index in [2.05, 4.69) is 28.6 Å². The number of carbonyl (C=O) groups excluding carboxylic acids is 3. The molecule has 0 saturated heterocycles. The minimum Gasteiger partial charge on any atom is -0.480 e. The zero-order chi connectivity index (χ0) is 20.3. The van der Waals surface area contributed by atoms with Crippen LogP contribution in [-0.4, -0.2) is 65.3 Å². The van der Waals surface area contributed by atoms with E-state index in [0.717, 1.165) is 0 Å². The van der Waals surface area contributed by atoms with E-state index >= 15 is 0 Å². The van der Waals surface area contributed by atoms with Crippen LogP contribution in [0.25, 0.3) is 0 Å². The van der Waals surface area contributed by atoms with Gasteiger partial charge in [-0.1, -0.05) is 0 Å². The number of unbranched alkanes of at least 4 members (excludes halogenated alkanes) is 1. The molecule has 0 rings (SSSR count). The third kappa shape index (κ3) is 9.02. The van der Waals surface area contributed by atoms with Gasteiger partial charge in [0.2, 0.25) is 17.7 Å². The summed E-state index contributed by atoms with van der Waals surface area (Å²) in [5.41, 5.74) is 10.8. The monoisotopic (exact) mass is 391 g/mol. The van der Waals surface area contributed by atoms with Crippen LogP contribution in [0.4, 0.5) is 0 Å². The lowest BCUT2D eigenvalue weighted by atomic mass is 10.1. The van der Waals surface area contributed by atoms with E-state index in [9.17, 15) is 24.3 Å². The van der Waals surface area contributed by atoms with Gasteiger partial charge in [-0.2, -0.15) is 12.6 Å². The van der Waals surface area contributed by atoms with Gasteiger partial charge in [0.1, 0.15) is 18.1 Å². The number of carbonyl (C=O) groups is 4. The number of aliphatic carboxylic acids is 1. The molecule has 11 heteroatoms. The fourth-order valence-electron chi connectivity index (χ4n) is 1.92. The predicted molar refractivity (Wildman–Crippen MR) is 99.5 cm³/mol. The molecule has 0 aromatic carbocycles. The summed E-state index contributed by atoms with van der Waals surface area (Å²) in [4.78, 5) is 47.1. The Labute approximate surface area is 158 Å². The first-order valence-corrected chi connectivity index (χ1v) is 8.97. The summed E-state index contributed by atoms with van der Waals surface area (Å²) < 4.78 is 0. The first-order chi connectivity index (χ1) is 12.1. The molecule has 10 nitrogen and oxygen atoms in total. The Bertz CT molecular complexity index is 503. The van der Waals surface area contributed by atoms with Crippen LogP contribution in [0.2, 0.25) is 0 Å². The molecule has 0 bridgehead atoms. The number of rotatable bonds is 12. The van der Waals surface area contributed by atoms with E-state index < -0.39 is 47.9 Å². The van der Waals surface area contributed by atoms with Crippen molar-refractivity contribution >= 4 is 36.3 Å². The Morgan fingerprint density at radius 1 is 0.962 bits per heavy atom. The molecule has 3 amide bonds.